The van der Waals surface area contributed by atoms with Crippen LogP contribution in [0.4, 0.5) is 0 Å². The Morgan fingerprint density at radius 2 is 2.39 bits per heavy atom. The zero-order chi connectivity index (χ0) is 15.6. The molecule has 0 amide bonds. The summed E-state index contributed by atoms with van der Waals surface area (Å²) < 4.78 is 7.72. The predicted octanol–water partition coefficient (Wildman–Crippen LogP) is 1.63. The van der Waals surface area contributed by atoms with E-state index in [2.05, 4.69) is 31.7 Å². The number of fused-ring (bicyclic) bond motifs is 1. The third-order valence-electron chi connectivity index (χ3n) is 4.31. The predicted molar refractivity (Wildman–Crippen MR) is 84.8 cm³/mol. The van der Waals surface area contributed by atoms with Gasteiger partial charge in [-0.1, -0.05) is 6.07 Å². The molecule has 0 spiro atoms. The molecule has 4 heterocycles. The highest BCUT2D eigenvalue weighted by molar-refractivity contribution is 5.53. The molecule has 7 heteroatoms. The Labute approximate surface area is 134 Å². The molecule has 0 aromatic carbocycles. The van der Waals surface area contributed by atoms with E-state index in [0.29, 0.717) is 5.92 Å². The van der Waals surface area contributed by atoms with Gasteiger partial charge in [0.25, 0.3) is 0 Å². The van der Waals surface area contributed by atoms with Crippen LogP contribution in [0, 0.1) is 12.8 Å². The zero-order valence-corrected chi connectivity index (χ0v) is 13.1. The van der Waals surface area contributed by atoms with Crippen molar-refractivity contribution >= 4 is 5.52 Å². The van der Waals surface area contributed by atoms with E-state index >= 15 is 0 Å². The van der Waals surface area contributed by atoms with Crippen LogP contribution in [0.1, 0.15) is 29.7 Å². The first-order valence-electron chi connectivity index (χ1n) is 7.94. The van der Waals surface area contributed by atoms with Gasteiger partial charge in [0.2, 0.25) is 0 Å². The Hall–Kier alpha value is -2.25. The molecule has 0 aliphatic carbocycles. The van der Waals surface area contributed by atoms with Crippen molar-refractivity contribution in [2.75, 3.05) is 13.2 Å². The van der Waals surface area contributed by atoms with Crippen LogP contribution < -0.4 is 5.32 Å². The number of hydrogen-bond donors (Lipinski definition) is 2. The summed E-state index contributed by atoms with van der Waals surface area (Å²) in [6, 6.07) is 6.10. The normalized spacial score (nSPS) is 21.3. The van der Waals surface area contributed by atoms with Gasteiger partial charge in [-0.15, -0.1) is 0 Å². The number of ether oxygens (including phenoxy) is 1. The number of nitrogens with zero attached hydrogens (tertiary/aromatic N) is 4. The van der Waals surface area contributed by atoms with Crippen molar-refractivity contribution in [1.82, 2.24) is 30.1 Å². The van der Waals surface area contributed by atoms with Crippen molar-refractivity contribution in [1.29, 1.82) is 0 Å². The van der Waals surface area contributed by atoms with Crippen LogP contribution in [-0.2, 0) is 11.3 Å². The molecule has 7 nitrogen and oxygen atoms in total. The van der Waals surface area contributed by atoms with Crippen molar-refractivity contribution in [2.45, 2.75) is 26.0 Å². The van der Waals surface area contributed by atoms with E-state index in [1.807, 2.05) is 36.0 Å². The van der Waals surface area contributed by atoms with Gasteiger partial charge in [0, 0.05) is 37.4 Å². The summed E-state index contributed by atoms with van der Waals surface area (Å²) in [5.41, 5.74) is 2.35. The second kappa shape index (κ2) is 6.10. The van der Waals surface area contributed by atoms with Gasteiger partial charge in [-0.05, 0) is 25.5 Å². The Bertz CT molecular complexity index is 795. The molecule has 23 heavy (non-hydrogen) atoms. The lowest BCUT2D eigenvalue weighted by molar-refractivity contribution is 0.0835. The summed E-state index contributed by atoms with van der Waals surface area (Å²) in [5.74, 6) is 1.99. The number of aromatic nitrogens is 5. The van der Waals surface area contributed by atoms with Gasteiger partial charge in [0.15, 0.2) is 5.82 Å². The van der Waals surface area contributed by atoms with E-state index in [-0.39, 0.29) is 6.10 Å². The van der Waals surface area contributed by atoms with E-state index in [0.717, 1.165) is 43.3 Å². The molecule has 1 fully saturated rings. The smallest absolute Gasteiger partial charge is 0.179 e. The highest BCUT2D eigenvalue weighted by Crippen LogP contribution is 2.32. The molecule has 4 rings (SSSR count). The molecule has 0 saturated carbocycles. The van der Waals surface area contributed by atoms with Crippen molar-refractivity contribution in [2.24, 2.45) is 5.92 Å². The summed E-state index contributed by atoms with van der Waals surface area (Å²) in [6.07, 6.45) is 4.89. The number of aryl methyl sites for hydroxylation is 1. The first-order chi connectivity index (χ1) is 11.3. The van der Waals surface area contributed by atoms with Crippen molar-refractivity contribution in [3.63, 3.8) is 0 Å². The second-order valence-corrected chi connectivity index (χ2v) is 5.95. The molecule has 1 saturated heterocycles. The maximum absolute atomic E-state index is 5.82. The Balaban J connectivity index is 1.39. The average molecular weight is 312 g/mol. The summed E-state index contributed by atoms with van der Waals surface area (Å²) in [7, 11) is 0. The lowest BCUT2D eigenvalue weighted by Gasteiger charge is -2.16. The monoisotopic (exact) mass is 312 g/mol. The number of aromatic amines is 1. The quantitative estimate of drug-likeness (QED) is 0.748. The van der Waals surface area contributed by atoms with Gasteiger partial charge >= 0.3 is 0 Å². The highest BCUT2D eigenvalue weighted by Gasteiger charge is 2.32. The fourth-order valence-electron chi connectivity index (χ4n) is 3.13. The summed E-state index contributed by atoms with van der Waals surface area (Å²) in [5, 5.41) is 15.0. The van der Waals surface area contributed by atoms with Crippen LogP contribution >= 0.6 is 0 Å². The fourth-order valence-corrected chi connectivity index (χ4v) is 3.13. The maximum Gasteiger partial charge on any atom is 0.179 e. The largest absolute Gasteiger partial charge is 0.370 e. The van der Waals surface area contributed by atoms with Crippen molar-refractivity contribution in [3.8, 4) is 0 Å². The molecular weight excluding hydrogens is 292 g/mol. The third-order valence-corrected chi connectivity index (χ3v) is 4.31. The Morgan fingerprint density at radius 1 is 1.43 bits per heavy atom. The molecule has 0 unspecified atom stereocenters. The summed E-state index contributed by atoms with van der Waals surface area (Å²) >= 11 is 0. The van der Waals surface area contributed by atoms with Gasteiger partial charge in [-0.25, -0.2) is 9.50 Å². The molecule has 1 aliphatic heterocycles. The van der Waals surface area contributed by atoms with Gasteiger partial charge in [0.1, 0.15) is 11.9 Å². The number of pyridine rings is 1. The molecule has 0 radical (unpaired) electrons. The molecule has 1 aliphatic rings. The Morgan fingerprint density at radius 3 is 3.26 bits per heavy atom. The van der Waals surface area contributed by atoms with E-state index in [1.54, 1.807) is 0 Å². The minimum atomic E-state index is -0.0173. The first-order valence-corrected chi connectivity index (χ1v) is 7.94. The van der Waals surface area contributed by atoms with E-state index in [4.69, 9.17) is 4.74 Å². The molecule has 120 valence electrons. The number of rotatable bonds is 5. The standard InChI is InChI=1S/C16H20N6O/c1-11-19-16(21-20-11)15-12(5-7-23-15)8-17-9-13-10-18-22-6-3-2-4-14(13)22/h2-4,6,10,12,15,17H,5,7-9H2,1H3,(H,19,20,21)/t12-,15-/m0/s1. The Kier molecular flexibility index (Phi) is 3.80. The molecule has 3 aromatic rings. The van der Waals surface area contributed by atoms with E-state index in [1.165, 1.54) is 5.56 Å². The summed E-state index contributed by atoms with van der Waals surface area (Å²) in [6.45, 7) is 4.34. The first kappa shape index (κ1) is 14.3. The SMILES string of the molecule is Cc1nc([C@H]2OCC[C@H]2CNCc2cnn3ccccc23)n[nH]1. The minimum Gasteiger partial charge on any atom is -0.370 e. The average Bonchev–Trinajstić information content (AvgIpc) is 3.27. The fraction of sp³-hybridized carbons (Fsp3) is 0.438. The number of H-pyrrole nitrogens is 1. The molecule has 3 aromatic heterocycles. The maximum atomic E-state index is 5.82. The van der Waals surface area contributed by atoms with Crippen LogP contribution in [0.2, 0.25) is 0 Å². The molecular formula is C16H20N6O. The van der Waals surface area contributed by atoms with Gasteiger partial charge in [-0.3, -0.25) is 5.10 Å². The molecule has 2 atom stereocenters. The van der Waals surface area contributed by atoms with E-state index < -0.39 is 0 Å². The van der Waals surface area contributed by atoms with Gasteiger partial charge in [0.05, 0.1) is 11.7 Å². The number of nitrogens with one attached hydrogen (secondary N) is 2. The van der Waals surface area contributed by atoms with Crippen LogP contribution in [0.25, 0.3) is 5.52 Å². The second-order valence-electron chi connectivity index (χ2n) is 5.95. The van der Waals surface area contributed by atoms with Crippen LogP contribution in [0.5, 0.6) is 0 Å². The van der Waals surface area contributed by atoms with E-state index in [9.17, 15) is 0 Å². The topological polar surface area (TPSA) is 80.1 Å². The lowest BCUT2D eigenvalue weighted by Crippen LogP contribution is -2.25. The minimum absolute atomic E-state index is 0.0173. The molecule has 2 N–H and O–H groups in total. The van der Waals surface area contributed by atoms with Crippen LogP contribution in [0.15, 0.2) is 30.6 Å². The molecule has 0 bridgehead atoms. The van der Waals surface area contributed by atoms with Gasteiger partial charge in [-0.2, -0.15) is 10.2 Å². The van der Waals surface area contributed by atoms with Crippen molar-refractivity contribution < 1.29 is 4.74 Å². The zero-order valence-electron chi connectivity index (χ0n) is 13.1. The highest BCUT2D eigenvalue weighted by atomic mass is 16.5. The third kappa shape index (κ3) is 2.85. The van der Waals surface area contributed by atoms with Crippen molar-refractivity contribution in [3.05, 3.63) is 47.8 Å². The van der Waals surface area contributed by atoms with Crippen LogP contribution in [0.3, 0.4) is 0 Å². The van der Waals surface area contributed by atoms with Crippen LogP contribution in [-0.4, -0.2) is 37.9 Å². The van der Waals surface area contributed by atoms with Gasteiger partial charge < -0.3 is 10.1 Å². The number of hydrogen-bond acceptors (Lipinski definition) is 5. The lowest BCUT2D eigenvalue weighted by atomic mass is 10.0. The summed E-state index contributed by atoms with van der Waals surface area (Å²) in [4.78, 5) is 4.41.